The summed E-state index contributed by atoms with van der Waals surface area (Å²) in [4.78, 5) is 26.8. The molecule has 1 aliphatic rings. The maximum atomic E-state index is 11.3. The first-order valence-electron chi connectivity index (χ1n) is 10.0. The van der Waals surface area contributed by atoms with E-state index < -0.39 is 0 Å². The number of pyridine rings is 1. The lowest BCUT2D eigenvalue weighted by Crippen LogP contribution is -2.38. The summed E-state index contributed by atoms with van der Waals surface area (Å²) < 4.78 is 8.19. The average Bonchev–Trinajstić information content (AvgIpc) is 3.17. The van der Waals surface area contributed by atoms with E-state index in [4.69, 9.17) is 10.5 Å². The summed E-state index contributed by atoms with van der Waals surface area (Å²) in [6.07, 6.45) is 7.15. The van der Waals surface area contributed by atoms with Gasteiger partial charge in [-0.15, -0.1) is 0 Å². The van der Waals surface area contributed by atoms with Crippen LogP contribution in [-0.2, 0) is 11.3 Å². The van der Waals surface area contributed by atoms with Gasteiger partial charge in [0, 0.05) is 49.9 Å². The predicted octanol–water partition coefficient (Wildman–Crippen LogP) is 2.51. The molecule has 0 radical (unpaired) electrons. The number of nitrogens with zero attached hydrogens (tertiary/aromatic N) is 5. The van der Waals surface area contributed by atoms with Crippen LogP contribution in [0.3, 0.4) is 0 Å². The van der Waals surface area contributed by atoms with Crippen LogP contribution in [0, 0.1) is 0 Å². The standard InChI is InChI=1S/C22H22N6O2/c23-20(29)14-28-13-8-16-18(28)2-1-3-19(16)30-15-6-11-27(12-7-15)21-5-4-17-22(26-21)25-10-9-24-17/h1-5,8-10,13,15H,6-7,11-12,14H2,(H2,23,29). The Morgan fingerprint density at radius 1 is 1.10 bits per heavy atom. The molecule has 0 unspecified atom stereocenters. The maximum absolute atomic E-state index is 11.3. The molecule has 4 heterocycles. The van der Waals surface area contributed by atoms with Gasteiger partial charge in [0.05, 0.1) is 5.52 Å². The Labute approximate surface area is 173 Å². The number of fused-ring (bicyclic) bond motifs is 2. The Bertz CT molecular complexity index is 1210. The molecule has 1 amide bonds. The van der Waals surface area contributed by atoms with Gasteiger partial charge in [-0.05, 0) is 30.3 Å². The first-order valence-corrected chi connectivity index (χ1v) is 10.0. The molecule has 8 nitrogen and oxygen atoms in total. The Kier molecular flexibility index (Phi) is 4.66. The Hall–Kier alpha value is -3.68. The summed E-state index contributed by atoms with van der Waals surface area (Å²) >= 11 is 0. The van der Waals surface area contributed by atoms with Crippen LogP contribution in [-0.4, -0.2) is 44.6 Å². The predicted molar refractivity (Wildman–Crippen MR) is 114 cm³/mol. The molecule has 8 heteroatoms. The van der Waals surface area contributed by atoms with Gasteiger partial charge in [0.15, 0.2) is 5.65 Å². The maximum Gasteiger partial charge on any atom is 0.237 e. The number of nitrogens with two attached hydrogens (primary N) is 1. The van der Waals surface area contributed by atoms with Crippen LogP contribution in [0.2, 0.25) is 0 Å². The average molecular weight is 402 g/mol. The number of piperidine rings is 1. The summed E-state index contributed by atoms with van der Waals surface area (Å²) in [5, 5.41) is 0.996. The Morgan fingerprint density at radius 3 is 2.77 bits per heavy atom. The van der Waals surface area contributed by atoms with E-state index in [-0.39, 0.29) is 18.6 Å². The molecule has 1 aliphatic heterocycles. The van der Waals surface area contributed by atoms with Gasteiger partial charge in [-0.3, -0.25) is 9.78 Å². The first kappa shape index (κ1) is 18.4. The number of anilines is 1. The van der Waals surface area contributed by atoms with E-state index in [1.54, 1.807) is 12.4 Å². The van der Waals surface area contributed by atoms with Crippen LogP contribution in [0.5, 0.6) is 5.75 Å². The lowest BCUT2D eigenvalue weighted by molar-refractivity contribution is -0.118. The lowest BCUT2D eigenvalue weighted by atomic mass is 10.1. The minimum absolute atomic E-state index is 0.131. The van der Waals surface area contributed by atoms with Gasteiger partial charge in [-0.2, -0.15) is 0 Å². The van der Waals surface area contributed by atoms with Gasteiger partial charge in [0.25, 0.3) is 0 Å². The van der Waals surface area contributed by atoms with Crippen molar-refractivity contribution in [2.45, 2.75) is 25.5 Å². The van der Waals surface area contributed by atoms with E-state index in [1.807, 2.05) is 47.2 Å². The lowest BCUT2D eigenvalue weighted by Gasteiger charge is -2.33. The highest BCUT2D eigenvalue weighted by molar-refractivity contribution is 5.88. The zero-order valence-electron chi connectivity index (χ0n) is 16.4. The molecule has 0 atom stereocenters. The topological polar surface area (TPSA) is 99.2 Å². The molecule has 4 aromatic rings. The van der Waals surface area contributed by atoms with Gasteiger partial charge in [-0.25, -0.2) is 9.97 Å². The van der Waals surface area contributed by atoms with Crippen LogP contribution < -0.4 is 15.4 Å². The second kappa shape index (κ2) is 7.62. The number of primary amides is 1. The summed E-state index contributed by atoms with van der Waals surface area (Å²) in [7, 11) is 0. The van der Waals surface area contributed by atoms with E-state index in [0.29, 0.717) is 5.65 Å². The number of rotatable bonds is 5. The van der Waals surface area contributed by atoms with Crippen molar-refractivity contribution in [3.63, 3.8) is 0 Å². The second-order valence-electron chi connectivity index (χ2n) is 7.47. The van der Waals surface area contributed by atoms with Gasteiger partial charge in [-0.1, -0.05) is 6.07 Å². The Morgan fingerprint density at radius 2 is 1.93 bits per heavy atom. The minimum atomic E-state index is -0.362. The number of benzene rings is 1. The van der Waals surface area contributed by atoms with Crippen molar-refractivity contribution in [2.75, 3.05) is 18.0 Å². The van der Waals surface area contributed by atoms with Crippen molar-refractivity contribution < 1.29 is 9.53 Å². The highest BCUT2D eigenvalue weighted by Gasteiger charge is 2.22. The molecule has 5 rings (SSSR count). The normalized spacial score (nSPS) is 15.0. The fraction of sp³-hybridized carbons (Fsp3) is 0.273. The van der Waals surface area contributed by atoms with Crippen LogP contribution in [0.15, 0.2) is 55.0 Å². The van der Waals surface area contributed by atoms with Crippen molar-refractivity contribution >= 4 is 33.8 Å². The van der Waals surface area contributed by atoms with Crippen molar-refractivity contribution in [3.8, 4) is 5.75 Å². The molecule has 2 N–H and O–H groups in total. The Balaban J connectivity index is 1.28. The highest BCUT2D eigenvalue weighted by Crippen LogP contribution is 2.30. The first-order chi connectivity index (χ1) is 14.7. The van der Waals surface area contributed by atoms with Crippen molar-refractivity contribution in [1.82, 2.24) is 19.5 Å². The molecule has 0 spiro atoms. The van der Waals surface area contributed by atoms with E-state index >= 15 is 0 Å². The van der Waals surface area contributed by atoms with E-state index in [9.17, 15) is 4.79 Å². The second-order valence-corrected chi connectivity index (χ2v) is 7.47. The van der Waals surface area contributed by atoms with E-state index in [1.165, 1.54) is 0 Å². The van der Waals surface area contributed by atoms with Crippen LogP contribution in [0.1, 0.15) is 12.8 Å². The third-order valence-corrected chi connectivity index (χ3v) is 5.48. The van der Waals surface area contributed by atoms with Crippen LogP contribution >= 0.6 is 0 Å². The third-order valence-electron chi connectivity index (χ3n) is 5.48. The zero-order chi connectivity index (χ0) is 20.5. The molecule has 30 heavy (non-hydrogen) atoms. The molecule has 1 aromatic carbocycles. The molecule has 0 aliphatic carbocycles. The zero-order valence-corrected chi connectivity index (χ0v) is 16.4. The number of amides is 1. The number of aromatic nitrogens is 4. The van der Waals surface area contributed by atoms with Gasteiger partial charge >= 0.3 is 0 Å². The molecule has 0 bridgehead atoms. The number of hydrogen-bond donors (Lipinski definition) is 1. The number of carbonyl (C=O) groups is 1. The summed E-state index contributed by atoms with van der Waals surface area (Å²) in [5.41, 5.74) is 7.76. The number of carbonyl (C=O) groups excluding carboxylic acids is 1. The quantitative estimate of drug-likeness (QED) is 0.551. The van der Waals surface area contributed by atoms with Gasteiger partial charge in [0.2, 0.25) is 5.91 Å². The van der Waals surface area contributed by atoms with Crippen molar-refractivity contribution in [1.29, 1.82) is 0 Å². The molecular weight excluding hydrogens is 380 g/mol. The monoisotopic (exact) mass is 402 g/mol. The van der Waals surface area contributed by atoms with E-state index in [0.717, 1.165) is 53.9 Å². The molecule has 3 aromatic heterocycles. The van der Waals surface area contributed by atoms with Gasteiger partial charge < -0.3 is 19.9 Å². The summed E-state index contributed by atoms with van der Waals surface area (Å²) in [6.45, 7) is 1.89. The van der Waals surface area contributed by atoms with Crippen LogP contribution in [0.4, 0.5) is 5.82 Å². The highest BCUT2D eigenvalue weighted by atomic mass is 16.5. The molecule has 1 fully saturated rings. The molecular formula is C22H22N6O2. The van der Waals surface area contributed by atoms with Crippen molar-refractivity contribution in [3.05, 3.63) is 55.0 Å². The number of hydrogen-bond acceptors (Lipinski definition) is 6. The summed E-state index contributed by atoms with van der Waals surface area (Å²) in [5.74, 6) is 1.40. The smallest absolute Gasteiger partial charge is 0.237 e. The van der Waals surface area contributed by atoms with Crippen molar-refractivity contribution in [2.24, 2.45) is 5.73 Å². The fourth-order valence-corrected chi connectivity index (χ4v) is 4.01. The molecule has 152 valence electrons. The minimum Gasteiger partial charge on any atom is -0.490 e. The molecule has 0 saturated carbocycles. The molecule has 1 saturated heterocycles. The van der Waals surface area contributed by atoms with Gasteiger partial charge in [0.1, 0.15) is 29.7 Å². The summed E-state index contributed by atoms with van der Waals surface area (Å²) in [6, 6.07) is 11.8. The third kappa shape index (κ3) is 3.52. The largest absolute Gasteiger partial charge is 0.490 e. The van der Waals surface area contributed by atoms with Crippen LogP contribution in [0.25, 0.3) is 22.1 Å². The fourth-order valence-electron chi connectivity index (χ4n) is 4.01. The van der Waals surface area contributed by atoms with E-state index in [2.05, 4.69) is 19.9 Å². The SMILES string of the molecule is NC(=O)Cn1ccc2c(OC3CCN(c4ccc5nccnc5n4)CC3)cccc21. The number of ether oxygens (including phenoxy) is 1.